The summed E-state index contributed by atoms with van der Waals surface area (Å²) in [6, 6.07) is 0. The van der Waals surface area contributed by atoms with Gasteiger partial charge in [0.05, 0.1) is 0 Å². The van der Waals surface area contributed by atoms with Gasteiger partial charge in [0.1, 0.15) is 6.33 Å². The lowest BCUT2D eigenvalue weighted by Gasteiger charge is -2.08. The van der Waals surface area contributed by atoms with Gasteiger partial charge in [-0.3, -0.25) is 5.10 Å². The quantitative estimate of drug-likeness (QED) is 0.534. The number of rotatable bonds is 1. The number of hydrogen-bond acceptors (Lipinski definition) is 3. The first-order valence-electron chi connectivity index (χ1n) is 3.66. The average Bonchev–Trinajstić information content (AvgIpc) is 2.29. The minimum atomic E-state index is 0.0616. The third-order valence-corrected chi connectivity index (χ3v) is 1.38. The summed E-state index contributed by atoms with van der Waals surface area (Å²) in [5.41, 5.74) is 0.0616. The summed E-state index contributed by atoms with van der Waals surface area (Å²) in [5.74, 6) is 0. The molecule has 5 heteroatoms. The Labute approximate surface area is 76.3 Å². The van der Waals surface area contributed by atoms with Crippen molar-refractivity contribution in [2.75, 3.05) is 0 Å². The van der Waals surface area contributed by atoms with E-state index in [4.69, 9.17) is 12.2 Å². The third kappa shape index (κ3) is 2.58. The first-order valence-corrected chi connectivity index (χ1v) is 4.07. The molecule has 0 unspecified atom stereocenters. The van der Waals surface area contributed by atoms with Crippen LogP contribution >= 0.6 is 12.2 Å². The van der Waals surface area contributed by atoms with Gasteiger partial charge in [0.2, 0.25) is 4.77 Å². The molecule has 4 nitrogen and oxygen atoms in total. The van der Waals surface area contributed by atoms with Gasteiger partial charge in [0.25, 0.3) is 0 Å². The Balaban J connectivity index is 2.84. The van der Waals surface area contributed by atoms with Gasteiger partial charge in [0.15, 0.2) is 0 Å². The zero-order valence-electron chi connectivity index (χ0n) is 7.40. The van der Waals surface area contributed by atoms with Crippen molar-refractivity contribution in [1.82, 2.24) is 14.9 Å². The molecule has 1 N–H and O–H groups in total. The first kappa shape index (κ1) is 9.12. The number of nitrogens with one attached hydrogen (secondary N) is 1. The summed E-state index contributed by atoms with van der Waals surface area (Å²) >= 11 is 4.90. The van der Waals surface area contributed by atoms with Crippen molar-refractivity contribution in [1.29, 1.82) is 0 Å². The predicted molar refractivity (Wildman–Crippen MR) is 50.8 cm³/mol. The monoisotopic (exact) mass is 184 g/mol. The molecule has 0 aliphatic carbocycles. The molecular weight excluding hydrogens is 172 g/mol. The van der Waals surface area contributed by atoms with Crippen LogP contribution in [0.4, 0.5) is 0 Å². The normalized spacial score (nSPS) is 12.6. The van der Waals surface area contributed by atoms with Crippen LogP contribution in [-0.4, -0.2) is 21.1 Å². The highest BCUT2D eigenvalue weighted by molar-refractivity contribution is 7.71. The van der Waals surface area contributed by atoms with Gasteiger partial charge >= 0.3 is 0 Å². The Morgan fingerprint density at radius 2 is 2.33 bits per heavy atom. The maximum Gasteiger partial charge on any atom is 0.216 e. The van der Waals surface area contributed by atoms with Crippen molar-refractivity contribution in [3.8, 4) is 0 Å². The Hall–Kier alpha value is -0.970. The summed E-state index contributed by atoms with van der Waals surface area (Å²) in [7, 11) is 0. The van der Waals surface area contributed by atoms with Crippen LogP contribution in [0, 0.1) is 10.2 Å². The molecule has 0 aromatic carbocycles. The van der Waals surface area contributed by atoms with Gasteiger partial charge in [-0.1, -0.05) is 20.8 Å². The van der Waals surface area contributed by atoms with Crippen molar-refractivity contribution in [3.63, 3.8) is 0 Å². The number of aromatic amines is 1. The lowest BCUT2D eigenvalue weighted by Crippen LogP contribution is -2.07. The highest BCUT2D eigenvalue weighted by atomic mass is 32.1. The van der Waals surface area contributed by atoms with E-state index in [-0.39, 0.29) is 5.41 Å². The van der Waals surface area contributed by atoms with Gasteiger partial charge in [0, 0.05) is 6.21 Å². The molecule has 1 aromatic rings. The second-order valence-electron chi connectivity index (χ2n) is 3.62. The Morgan fingerprint density at radius 1 is 1.67 bits per heavy atom. The van der Waals surface area contributed by atoms with Crippen LogP contribution in [0.3, 0.4) is 0 Å². The molecule has 0 saturated heterocycles. The summed E-state index contributed by atoms with van der Waals surface area (Å²) in [6.45, 7) is 6.21. The van der Waals surface area contributed by atoms with Gasteiger partial charge in [-0.2, -0.15) is 14.9 Å². The molecule has 0 amide bonds. The fourth-order valence-corrected chi connectivity index (χ4v) is 0.707. The third-order valence-electron chi connectivity index (χ3n) is 1.10. The zero-order valence-corrected chi connectivity index (χ0v) is 8.22. The number of nitrogens with zero attached hydrogens (tertiary/aromatic N) is 3. The van der Waals surface area contributed by atoms with E-state index in [1.165, 1.54) is 4.68 Å². The standard InChI is InChI=1S/C7H12N4S/c1-7(2,3)4-9-11-5-8-10-6(11)12/h4-5H,1-3H3,(H,10,12)/b9-4+. The van der Waals surface area contributed by atoms with E-state index in [1.807, 2.05) is 6.21 Å². The topological polar surface area (TPSA) is 46.0 Å². The molecule has 0 bridgehead atoms. The van der Waals surface area contributed by atoms with Gasteiger partial charge < -0.3 is 0 Å². The van der Waals surface area contributed by atoms with E-state index in [9.17, 15) is 0 Å². The smallest absolute Gasteiger partial charge is 0.216 e. The second-order valence-corrected chi connectivity index (χ2v) is 4.00. The molecule has 1 heterocycles. The molecule has 0 aliphatic rings. The molecule has 66 valence electrons. The molecule has 0 spiro atoms. The summed E-state index contributed by atoms with van der Waals surface area (Å²) in [5, 5.41) is 10.5. The number of hydrogen-bond donors (Lipinski definition) is 1. The minimum Gasteiger partial charge on any atom is -0.250 e. The SMILES string of the molecule is CC(C)(C)/C=N/n1cn[nH]c1=S. The first-order chi connectivity index (χ1) is 5.49. The Morgan fingerprint density at radius 3 is 2.75 bits per heavy atom. The molecule has 0 fully saturated rings. The van der Waals surface area contributed by atoms with Gasteiger partial charge in [-0.25, -0.2) is 0 Å². The fraction of sp³-hybridized carbons (Fsp3) is 0.571. The van der Waals surface area contributed by atoms with Crippen LogP contribution in [0.25, 0.3) is 0 Å². The van der Waals surface area contributed by atoms with Gasteiger partial charge in [-0.15, -0.1) is 0 Å². The summed E-state index contributed by atoms with van der Waals surface area (Å²) < 4.78 is 2.04. The number of H-pyrrole nitrogens is 1. The highest BCUT2D eigenvalue weighted by Gasteiger charge is 2.04. The molecule has 12 heavy (non-hydrogen) atoms. The molecule has 1 aromatic heterocycles. The molecule has 0 aliphatic heterocycles. The highest BCUT2D eigenvalue weighted by Crippen LogP contribution is 2.08. The van der Waals surface area contributed by atoms with Crippen molar-refractivity contribution in [3.05, 3.63) is 11.1 Å². The van der Waals surface area contributed by atoms with E-state index in [0.29, 0.717) is 4.77 Å². The van der Waals surface area contributed by atoms with Crippen molar-refractivity contribution in [2.45, 2.75) is 20.8 Å². The van der Waals surface area contributed by atoms with Crippen molar-refractivity contribution in [2.24, 2.45) is 10.5 Å². The molecule has 0 radical (unpaired) electrons. The van der Waals surface area contributed by atoms with Crippen LogP contribution in [0.5, 0.6) is 0 Å². The lowest BCUT2D eigenvalue weighted by atomic mass is 9.99. The summed E-state index contributed by atoms with van der Waals surface area (Å²) in [6.07, 6.45) is 3.38. The van der Waals surface area contributed by atoms with Crippen LogP contribution in [-0.2, 0) is 0 Å². The molecule has 0 saturated carbocycles. The van der Waals surface area contributed by atoms with Gasteiger partial charge in [-0.05, 0) is 17.6 Å². The lowest BCUT2D eigenvalue weighted by molar-refractivity contribution is 0.599. The van der Waals surface area contributed by atoms with Crippen LogP contribution in [0.15, 0.2) is 11.4 Å². The minimum absolute atomic E-state index is 0.0616. The molecule has 1 rings (SSSR count). The van der Waals surface area contributed by atoms with E-state index < -0.39 is 0 Å². The van der Waals surface area contributed by atoms with Crippen LogP contribution in [0.2, 0.25) is 0 Å². The average molecular weight is 184 g/mol. The van der Waals surface area contributed by atoms with E-state index in [2.05, 4.69) is 36.1 Å². The second kappa shape index (κ2) is 3.18. The van der Waals surface area contributed by atoms with E-state index in [1.54, 1.807) is 6.33 Å². The van der Waals surface area contributed by atoms with Crippen molar-refractivity contribution >= 4 is 18.4 Å². The maximum absolute atomic E-state index is 4.90. The summed E-state index contributed by atoms with van der Waals surface area (Å²) in [4.78, 5) is 0. The Bertz CT molecular complexity index is 328. The van der Waals surface area contributed by atoms with E-state index in [0.717, 1.165) is 0 Å². The molecular formula is C7H12N4S. The van der Waals surface area contributed by atoms with E-state index >= 15 is 0 Å². The zero-order chi connectivity index (χ0) is 9.19. The van der Waals surface area contributed by atoms with Crippen molar-refractivity contribution < 1.29 is 0 Å². The Kier molecular flexibility index (Phi) is 2.42. The maximum atomic E-state index is 4.90. The van der Waals surface area contributed by atoms with Crippen LogP contribution < -0.4 is 0 Å². The number of aromatic nitrogens is 3. The fourth-order valence-electron chi connectivity index (χ4n) is 0.560. The largest absolute Gasteiger partial charge is 0.250 e. The predicted octanol–water partition coefficient (Wildman–Crippen LogP) is 1.82. The molecule has 0 atom stereocenters. The van der Waals surface area contributed by atoms with Crippen LogP contribution in [0.1, 0.15) is 20.8 Å².